The summed E-state index contributed by atoms with van der Waals surface area (Å²) in [6.45, 7) is -0.362. The van der Waals surface area contributed by atoms with E-state index in [0.717, 1.165) is 26.5 Å². The number of likely N-dealkylation sites (N-methyl/N-ethyl adjacent to an activating group) is 1. The van der Waals surface area contributed by atoms with Gasteiger partial charge in [0.25, 0.3) is 11.1 Å². The second-order valence-electron chi connectivity index (χ2n) is 6.67. The minimum atomic E-state index is -3.79. The monoisotopic (exact) mass is 459 g/mol. The molecule has 0 aromatic heterocycles. The highest BCUT2D eigenvalue weighted by Gasteiger charge is 2.34. The van der Waals surface area contributed by atoms with Gasteiger partial charge in [0.2, 0.25) is 15.9 Å². The van der Waals surface area contributed by atoms with Gasteiger partial charge in [-0.1, -0.05) is 48.5 Å². The van der Waals surface area contributed by atoms with Crippen molar-refractivity contribution in [2.45, 2.75) is 4.90 Å². The quantitative estimate of drug-likeness (QED) is 0.607. The maximum atomic E-state index is 12.5. The van der Waals surface area contributed by atoms with Crippen LogP contribution in [0.25, 0.3) is 6.08 Å². The average Bonchev–Trinajstić information content (AvgIpc) is 3.02. The van der Waals surface area contributed by atoms with E-state index >= 15 is 0 Å². The minimum absolute atomic E-state index is 0.00230. The van der Waals surface area contributed by atoms with Gasteiger partial charge >= 0.3 is 0 Å². The first-order valence-corrected chi connectivity index (χ1v) is 11.6. The van der Waals surface area contributed by atoms with Crippen molar-refractivity contribution in [3.63, 3.8) is 0 Å². The summed E-state index contributed by atoms with van der Waals surface area (Å²) in [5, 5.41) is 2.14. The number of carbonyl (C=O) groups is 3. The van der Waals surface area contributed by atoms with Crippen molar-refractivity contribution in [2.24, 2.45) is 0 Å². The lowest BCUT2D eigenvalue weighted by Gasteiger charge is -2.17. The predicted molar refractivity (Wildman–Crippen MR) is 118 cm³/mol. The minimum Gasteiger partial charge on any atom is -0.353 e. The molecule has 0 aliphatic carbocycles. The fourth-order valence-corrected chi connectivity index (χ4v) is 4.83. The molecule has 0 unspecified atom stereocenters. The molecular weight excluding hydrogens is 438 g/mol. The summed E-state index contributed by atoms with van der Waals surface area (Å²) in [7, 11) is -2.47. The summed E-state index contributed by atoms with van der Waals surface area (Å²) in [4.78, 5) is 38.3. The van der Waals surface area contributed by atoms with Gasteiger partial charge in [0.15, 0.2) is 0 Å². The summed E-state index contributed by atoms with van der Waals surface area (Å²) in [6.07, 6.45) is 1.65. The molecule has 1 aliphatic rings. The number of nitrogens with one attached hydrogen (secondary N) is 1. The van der Waals surface area contributed by atoms with Gasteiger partial charge in [-0.25, -0.2) is 8.42 Å². The average molecular weight is 460 g/mol. The Labute approximate surface area is 185 Å². The number of hydrogen-bond donors (Lipinski definition) is 1. The van der Waals surface area contributed by atoms with Crippen molar-refractivity contribution in [3.05, 3.63) is 71.1 Å². The number of thioether (sulfide) groups is 1. The summed E-state index contributed by atoms with van der Waals surface area (Å²) < 4.78 is 25.9. The summed E-state index contributed by atoms with van der Waals surface area (Å²) >= 11 is 0.845. The Morgan fingerprint density at radius 3 is 2.32 bits per heavy atom. The standard InChI is InChI=1S/C21H21N3O5S2/c1-23(31(28,29)17-10-6-3-7-11-17)15-19(25)22-12-13-24-20(26)18(30-21(24)27)14-16-8-4-2-5-9-16/h2-11,14H,12-13,15H2,1H3,(H,22,25)/b18-14-. The van der Waals surface area contributed by atoms with Gasteiger partial charge in [-0.05, 0) is 35.5 Å². The first kappa shape index (κ1) is 22.7. The van der Waals surface area contributed by atoms with Crippen LogP contribution >= 0.6 is 11.8 Å². The van der Waals surface area contributed by atoms with Crippen LogP contribution in [0.5, 0.6) is 0 Å². The molecule has 1 saturated heterocycles. The van der Waals surface area contributed by atoms with Gasteiger partial charge in [0.1, 0.15) is 0 Å². The van der Waals surface area contributed by atoms with E-state index in [-0.39, 0.29) is 24.5 Å². The Balaban J connectivity index is 1.52. The number of nitrogens with zero attached hydrogens (tertiary/aromatic N) is 2. The zero-order chi connectivity index (χ0) is 22.4. The summed E-state index contributed by atoms with van der Waals surface area (Å²) in [5.74, 6) is -0.953. The van der Waals surface area contributed by atoms with E-state index in [1.165, 1.54) is 19.2 Å². The van der Waals surface area contributed by atoms with Crippen LogP contribution in [0.15, 0.2) is 70.5 Å². The maximum Gasteiger partial charge on any atom is 0.293 e. The zero-order valence-electron chi connectivity index (χ0n) is 16.7. The normalized spacial score (nSPS) is 15.7. The van der Waals surface area contributed by atoms with Gasteiger partial charge in [0.05, 0.1) is 16.3 Å². The lowest BCUT2D eigenvalue weighted by atomic mass is 10.2. The van der Waals surface area contributed by atoms with Gasteiger partial charge in [0, 0.05) is 20.1 Å². The molecule has 31 heavy (non-hydrogen) atoms. The van der Waals surface area contributed by atoms with Crippen molar-refractivity contribution in [2.75, 3.05) is 26.7 Å². The first-order chi connectivity index (χ1) is 14.8. The molecule has 3 rings (SSSR count). The molecule has 8 nitrogen and oxygen atoms in total. The van der Waals surface area contributed by atoms with E-state index in [9.17, 15) is 22.8 Å². The molecule has 2 aromatic carbocycles. The highest BCUT2D eigenvalue weighted by Crippen LogP contribution is 2.31. The predicted octanol–water partition coefficient (Wildman–Crippen LogP) is 2.16. The van der Waals surface area contributed by atoms with Crippen LogP contribution in [0.1, 0.15) is 5.56 Å². The summed E-state index contributed by atoms with van der Waals surface area (Å²) in [6, 6.07) is 17.0. The van der Waals surface area contributed by atoms with Crippen LogP contribution < -0.4 is 5.32 Å². The molecule has 3 amide bonds. The molecule has 2 aromatic rings. The van der Waals surface area contributed by atoms with E-state index in [2.05, 4.69) is 5.32 Å². The number of sulfonamides is 1. The van der Waals surface area contributed by atoms with E-state index in [0.29, 0.717) is 4.91 Å². The van der Waals surface area contributed by atoms with Gasteiger partial charge in [-0.15, -0.1) is 0 Å². The van der Waals surface area contributed by atoms with Crippen molar-refractivity contribution in [1.29, 1.82) is 0 Å². The first-order valence-electron chi connectivity index (χ1n) is 9.37. The van der Waals surface area contributed by atoms with E-state index in [1.54, 1.807) is 24.3 Å². The zero-order valence-corrected chi connectivity index (χ0v) is 18.4. The second-order valence-corrected chi connectivity index (χ2v) is 9.71. The largest absolute Gasteiger partial charge is 0.353 e. The van der Waals surface area contributed by atoms with Crippen LogP contribution in [0.2, 0.25) is 0 Å². The van der Waals surface area contributed by atoms with E-state index < -0.39 is 27.1 Å². The molecule has 0 bridgehead atoms. The van der Waals surface area contributed by atoms with E-state index in [4.69, 9.17) is 0 Å². The lowest BCUT2D eigenvalue weighted by Crippen LogP contribution is -2.42. The molecule has 1 N–H and O–H groups in total. The smallest absolute Gasteiger partial charge is 0.293 e. The van der Waals surface area contributed by atoms with E-state index in [1.807, 2.05) is 30.3 Å². The Kier molecular flexibility index (Phi) is 7.26. The van der Waals surface area contributed by atoms with Crippen LogP contribution in [-0.4, -0.2) is 61.4 Å². The number of imide groups is 1. The van der Waals surface area contributed by atoms with Crippen LogP contribution in [-0.2, 0) is 19.6 Å². The summed E-state index contributed by atoms with van der Waals surface area (Å²) in [5.41, 5.74) is 0.809. The molecule has 0 spiro atoms. The molecule has 162 valence electrons. The SMILES string of the molecule is CN(CC(=O)NCCN1C(=O)S/C(=C\c2ccccc2)C1=O)S(=O)(=O)c1ccccc1. The maximum absolute atomic E-state index is 12.5. The third-order valence-corrected chi connectivity index (χ3v) is 7.17. The number of rotatable bonds is 8. The van der Waals surface area contributed by atoms with Crippen molar-refractivity contribution in [1.82, 2.24) is 14.5 Å². The van der Waals surface area contributed by atoms with Crippen molar-refractivity contribution >= 4 is 44.9 Å². The van der Waals surface area contributed by atoms with Crippen LogP contribution in [0.4, 0.5) is 4.79 Å². The molecule has 10 heteroatoms. The number of hydrogen-bond acceptors (Lipinski definition) is 6. The highest BCUT2D eigenvalue weighted by atomic mass is 32.2. The van der Waals surface area contributed by atoms with Crippen molar-refractivity contribution in [3.8, 4) is 0 Å². The third kappa shape index (κ3) is 5.60. The van der Waals surface area contributed by atoms with Gasteiger partial charge in [-0.2, -0.15) is 4.31 Å². The molecule has 0 saturated carbocycles. The Morgan fingerprint density at radius 2 is 1.68 bits per heavy atom. The molecule has 1 fully saturated rings. The van der Waals surface area contributed by atoms with Crippen LogP contribution in [0, 0.1) is 0 Å². The number of carbonyl (C=O) groups excluding carboxylic acids is 3. The molecule has 0 atom stereocenters. The van der Waals surface area contributed by atoms with Crippen molar-refractivity contribution < 1.29 is 22.8 Å². The fourth-order valence-electron chi connectivity index (χ4n) is 2.82. The Hall–Kier alpha value is -2.95. The molecule has 1 heterocycles. The van der Waals surface area contributed by atoms with Gasteiger partial charge < -0.3 is 5.32 Å². The highest BCUT2D eigenvalue weighted by molar-refractivity contribution is 8.18. The second kappa shape index (κ2) is 9.90. The Bertz CT molecular complexity index is 1100. The Morgan fingerprint density at radius 1 is 1.06 bits per heavy atom. The molecule has 1 aliphatic heterocycles. The molecule has 0 radical (unpaired) electrons. The van der Waals surface area contributed by atoms with Crippen LogP contribution in [0.3, 0.4) is 0 Å². The molecular formula is C21H21N3O5S2. The number of amides is 3. The third-order valence-electron chi connectivity index (χ3n) is 4.45. The fraction of sp³-hybridized carbons (Fsp3) is 0.190. The lowest BCUT2D eigenvalue weighted by molar-refractivity contribution is -0.124. The topological polar surface area (TPSA) is 104 Å². The van der Waals surface area contributed by atoms with Gasteiger partial charge in [-0.3, -0.25) is 19.3 Å². The number of benzene rings is 2.